The number of thiol groups is 1. The summed E-state index contributed by atoms with van der Waals surface area (Å²) in [4.78, 5) is 60.2. The third-order valence-electron chi connectivity index (χ3n) is 4.77. The van der Waals surface area contributed by atoms with E-state index < -0.39 is 57.1 Å². The number of aliphatic hydroxyl groups excluding tert-OH is 1. The molecule has 0 bridgehead atoms. The highest BCUT2D eigenvalue weighted by Gasteiger charge is 2.85. The number of carbonyl (C=O) groups excluding carboxylic acids is 3. The number of aliphatic hydroxyl groups is 3. The first-order valence-corrected chi connectivity index (χ1v) is 8.04. The standard InChI is InChI=1S/C15H18N2O9S/c1-7(19)13(24)12(27,6-18)26-15(9(3)21,14(13,25)8(2)20)17-5-4-10(22)16-11(17)23/h4-5,18,24-25,27H,6H2,1-3H3,(H,16,22,23)/t12-,13+,14+,15+/m0/s1. The zero-order chi connectivity index (χ0) is 21.0. The Morgan fingerprint density at radius 2 is 1.63 bits per heavy atom. The molecular weight excluding hydrogens is 384 g/mol. The van der Waals surface area contributed by atoms with Crippen molar-refractivity contribution in [2.45, 2.75) is 42.6 Å². The average Bonchev–Trinajstić information content (AvgIpc) is 2.74. The molecule has 27 heavy (non-hydrogen) atoms. The van der Waals surface area contributed by atoms with E-state index in [2.05, 4.69) is 12.6 Å². The van der Waals surface area contributed by atoms with Crippen LogP contribution in [0.2, 0.25) is 0 Å². The van der Waals surface area contributed by atoms with Crippen LogP contribution in [-0.2, 0) is 24.8 Å². The van der Waals surface area contributed by atoms with Gasteiger partial charge in [-0.3, -0.25) is 28.7 Å². The van der Waals surface area contributed by atoms with Gasteiger partial charge in [-0.25, -0.2) is 4.79 Å². The molecule has 12 heteroatoms. The van der Waals surface area contributed by atoms with Gasteiger partial charge < -0.3 is 20.1 Å². The van der Waals surface area contributed by atoms with Gasteiger partial charge in [0.25, 0.3) is 5.56 Å². The highest BCUT2D eigenvalue weighted by Crippen LogP contribution is 2.57. The maximum atomic E-state index is 12.6. The molecule has 0 saturated carbocycles. The van der Waals surface area contributed by atoms with Crippen LogP contribution in [-0.4, -0.2) is 65.0 Å². The zero-order valence-electron chi connectivity index (χ0n) is 14.5. The number of ketones is 3. The van der Waals surface area contributed by atoms with Gasteiger partial charge in [0.05, 0.1) is 6.61 Å². The van der Waals surface area contributed by atoms with Crippen molar-refractivity contribution in [3.63, 3.8) is 0 Å². The molecule has 0 aliphatic carbocycles. The lowest BCUT2D eigenvalue weighted by atomic mass is 9.69. The van der Waals surface area contributed by atoms with Gasteiger partial charge in [0.2, 0.25) is 16.9 Å². The first kappa shape index (κ1) is 21.2. The number of aromatic nitrogens is 2. The largest absolute Gasteiger partial charge is 0.392 e. The molecule has 1 aromatic heterocycles. The van der Waals surface area contributed by atoms with Crippen molar-refractivity contribution in [1.82, 2.24) is 9.55 Å². The molecule has 4 N–H and O–H groups in total. The fraction of sp³-hybridized carbons (Fsp3) is 0.533. The van der Waals surface area contributed by atoms with E-state index in [-0.39, 0.29) is 0 Å². The summed E-state index contributed by atoms with van der Waals surface area (Å²) in [5.41, 5.74) is -11.8. The fourth-order valence-electron chi connectivity index (χ4n) is 3.47. The fourth-order valence-corrected chi connectivity index (χ4v) is 3.93. The average molecular weight is 402 g/mol. The van der Waals surface area contributed by atoms with Crippen LogP contribution in [0.1, 0.15) is 20.8 Å². The second-order valence-corrected chi connectivity index (χ2v) is 6.98. The van der Waals surface area contributed by atoms with E-state index in [1.165, 1.54) is 0 Å². The molecule has 0 amide bonds. The van der Waals surface area contributed by atoms with Crippen molar-refractivity contribution < 1.29 is 34.4 Å². The SMILES string of the molecule is CC(=O)[C@@]1(O)[C@@](O)(C(C)=O)[C@@](S)(CO)O[C@@]1(C(C)=O)n1ccc(=O)[nH]c1=O. The number of rotatable bonds is 5. The van der Waals surface area contributed by atoms with Gasteiger partial charge in [0.15, 0.2) is 22.3 Å². The topological polar surface area (TPSA) is 176 Å². The Kier molecular flexibility index (Phi) is 4.87. The summed E-state index contributed by atoms with van der Waals surface area (Å²) in [6.45, 7) is 1.13. The van der Waals surface area contributed by atoms with Gasteiger partial charge in [0, 0.05) is 12.3 Å². The smallest absolute Gasteiger partial charge is 0.331 e. The van der Waals surface area contributed by atoms with Crippen molar-refractivity contribution >= 4 is 30.0 Å². The molecule has 0 unspecified atom stereocenters. The maximum Gasteiger partial charge on any atom is 0.331 e. The first-order chi connectivity index (χ1) is 12.3. The Bertz CT molecular complexity index is 955. The number of nitrogens with one attached hydrogen (secondary N) is 1. The molecule has 1 aromatic rings. The Hall–Kier alpha value is -2.12. The van der Waals surface area contributed by atoms with Gasteiger partial charge in [-0.2, -0.15) is 0 Å². The number of hydrogen-bond donors (Lipinski definition) is 5. The van der Waals surface area contributed by atoms with Gasteiger partial charge in [-0.1, -0.05) is 0 Å². The lowest BCUT2D eigenvalue weighted by molar-refractivity contribution is -0.208. The number of Topliss-reactive ketones (excluding diaryl/α,β-unsaturated/α-hetero) is 3. The van der Waals surface area contributed by atoms with Crippen molar-refractivity contribution in [2.75, 3.05) is 6.61 Å². The van der Waals surface area contributed by atoms with Crippen LogP contribution in [0.4, 0.5) is 0 Å². The highest BCUT2D eigenvalue weighted by molar-refractivity contribution is 7.81. The van der Waals surface area contributed by atoms with Crippen LogP contribution < -0.4 is 11.2 Å². The van der Waals surface area contributed by atoms with E-state index >= 15 is 0 Å². The number of nitrogens with zero attached hydrogens (tertiary/aromatic N) is 1. The summed E-state index contributed by atoms with van der Waals surface area (Å²) >= 11 is 3.93. The van der Waals surface area contributed by atoms with E-state index in [9.17, 15) is 39.3 Å². The van der Waals surface area contributed by atoms with Crippen molar-refractivity contribution in [3.8, 4) is 0 Å². The quantitative estimate of drug-likeness (QED) is 0.323. The number of aromatic amines is 1. The van der Waals surface area contributed by atoms with E-state index in [1.54, 1.807) is 0 Å². The second-order valence-electron chi connectivity index (χ2n) is 6.26. The van der Waals surface area contributed by atoms with Crippen LogP contribution in [0.15, 0.2) is 21.9 Å². The monoisotopic (exact) mass is 402 g/mol. The maximum absolute atomic E-state index is 12.6. The Morgan fingerprint density at radius 1 is 1.11 bits per heavy atom. The summed E-state index contributed by atoms with van der Waals surface area (Å²) in [5, 5.41) is 32.0. The number of carbonyl (C=O) groups is 3. The molecule has 4 atom stereocenters. The second kappa shape index (κ2) is 6.21. The minimum Gasteiger partial charge on any atom is -0.392 e. The van der Waals surface area contributed by atoms with Gasteiger partial charge in [-0.15, -0.1) is 12.6 Å². The first-order valence-electron chi connectivity index (χ1n) is 7.60. The minimum atomic E-state index is -3.37. The number of hydrogen-bond acceptors (Lipinski definition) is 10. The lowest BCUT2D eigenvalue weighted by Crippen LogP contribution is -2.74. The predicted molar refractivity (Wildman–Crippen MR) is 91.1 cm³/mol. The third-order valence-corrected chi connectivity index (χ3v) is 5.33. The molecule has 1 saturated heterocycles. The van der Waals surface area contributed by atoms with Crippen LogP contribution in [0.3, 0.4) is 0 Å². The summed E-state index contributed by atoms with van der Waals surface area (Å²) in [6.07, 6.45) is 0.744. The normalized spacial score (nSPS) is 35.8. The van der Waals surface area contributed by atoms with Crippen molar-refractivity contribution in [1.29, 1.82) is 0 Å². The molecule has 1 aliphatic heterocycles. The van der Waals surface area contributed by atoms with Crippen molar-refractivity contribution in [3.05, 3.63) is 33.1 Å². The van der Waals surface area contributed by atoms with E-state index in [1.807, 2.05) is 4.98 Å². The molecule has 148 valence electrons. The molecule has 11 nitrogen and oxygen atoms in total. The van der Waals surface area contributed by atoms with Crippen LogP contribution in [0.25, 0.3) is 0 Å². The lowest BCUT2D eigenvalue weighted by Gasteiger charge is -2.42. The van der Waals surface area contributed by atoms with Gasteiger partial charge in [0.1, 0.15) is 0 Å². The number of H-pyrrole nitrogens is 1. The molecule has 1 fully saturated rings. The van der Waals surface area contributed by atoms with Crippen LogP contribution >= 0.6 is 12.6 Å². The Balaban J connectivity index is 3.12. The molecule has 0 aromatic carbocycles. The molecular formula is C15H18N2O9S. The summed E-state index contributed by atoms with van der Waals surface area (Å²) in [5.74, 6) is -3.76. The van der Waals surface area contributed by atoms with Gasteiger partial charge in [-0.05, 0) is 20.8 Å². The summed E-state index contributed by atoms with van der Waals surface area (Å²) < 4.78 is 5.73. The Morgan fingerprint density at radius 3 is 2.00 bits per heavy atom. The zero-order valence-corrected chi connectivity index (χ0v) is 15.4. The number of ether oxygens (including phenoxy) is 1. The van der Waals surface area contributed by atoms with E-state index in [0.717, 1.165) is 33.0 Å². The third kappa shape index (κ3) is 2.28. The summed E-state index contributed by atoms with van der Waals surface area (Å²) in [6, 6.07) is 0.792. The molecule has 2 heterocycles. The molecule has 0 spiro atoms. The predicted octanol–water partition coefficient (Wildman–Crippen LogP) is -2.93. The van der Waals surface area contributed by atoms with Crippen LogP contribution in [0.5, 0.6) is 0 Å². The van der Waals surface area contributed by atoms with Crippen LogP contribution in [0, 0.1) is 0 Å². The van der Waals surface area contributed by atoms with E-state index in [0.29, 0.717) is 4.57 Å². The Labute approximate surface area is 157 Å². The highest BCUT2D eigenvalue weighted by atomic mass is 32.1. The molecule has 1 aliphatic rings. The van der Waals surface area contributed by atoms with Crippen molar-refractivity contribution in [2.24, 2.45) is 0 Å². The molecule has 2 rings (SSSR count). The van der Waals surface area contributed by atoms with Gasteiger partial charge >= 0.3 is 5.69 Å². The molecule has 0 radical (unpaired) electrons. The summed E-state index contributed by atoms with van der Waals surface area (Å²) in [7, 11) is 0. The minimum absolute atomic E-state index is 0.361. The van der Waals surface area contributed by atoms with E-state index in [4.69, 9.17) is 4.74 Å².